The topological polar surface area (TPSA) is 18.5 Å². The van der Waals surface area contributed by atoms with E-state index in [9.17, 15) is 0 Å². The highest BCUT2D eigenvalue weighted by atomic mass is 32.2. The predicted molar refractivity (Wildman–Crippen MR) is 106 cm³/mol. The largest absolute Gasteiger partial charge is 0.340 e. The number of hydrogen-bond acceptors (Lipinski definition) is 4. The van der Waals surface area contributed by atoms with Gasteiger partial charge in [0.15, 0.2) is 0 Å². The molecule has 2 aliphatic rings. The molecule has 0 saturated carbocycles. The van der Waals surface area contributed by atoms with Crippen LogP contribution in [0.25, 0.3) is 0 Å². The summed E-state index contributed by atoms with van der Waals surface area (Å²) in [4.78, 5) is 7.85. The zero-order valence-corrected chi connectivity index (χ0v) is 16.0. The van der Waals surface area contributed by atoms with Crippen molar-refractivity contribution < 1.29 is 0 Å². The molecule has 0 atom stereocenters. The molecule has 1 N–H and O–H groups in total. The van der Waals surface area contributed by atoms with Crippen molar-refractivity contribution in [3.8, 4) is 0 Å². The zero-order valence-electron chi connectivity index (χ0n) is 15.1. The Morgan fingerprint density at radius 3 is 2.62 bits per heavy atom. The van der Waals surface area contributed by atoms with Gasteiger partial charge in [0.25, 0.3) is 0 Å². The highest BCUT2D eigenvalue weighted by Crippen LogP contribution is 2.46. The van der Waals surface area contributed by atoms with Crippen molar-refractivity contribution in [2.75, 3.05) is 44.2 Å². The van der Waals surface area contributed by atoms with Crippen LogP contribution in [0.15, 0.2) is 45.8 Å². The highest BCUT2D eigenvalue weighted by molar-refractivity contribution is 8.03. The minimum absolute atomic E-state index is 1.08. The first-order valence-corrected chi connectivity index (χ1v) is 9.86. The monoisotopic (exact) mass is 343 g/mol. The van der Waals surface area contributed by atoms with Gasteiger partial charge in [0, 0.05) is 42.5 Å². The van der Waals surface area contributed by atoms with Crippen LogP contribution in [0.4, 0.5) is 5.69 Å². The Hall–Kier alpha value is -1.23. The maximum absolute atomic E-state index is 3.43. The highest BCUT2D eigenvalue weighted by Gasteiger charge is 2.25. The Kier molecular flexibility index (Phi) is 6.04. The van der Waals surface area contributed by atoms with Gasteiger partial charge >= 0.3 is 0 Å². The Labute approximate surface area is 150 Å². The number of fused-ring (bicyclic) bond motifs is 1. The molecule has 1 fully saturated rings. The number of allylic oxidation sites excluding steroid dienone is 2. The van der Waals surface area contributed by atoms with Gasteiger partial charge in [-0.3, -0.25) is 0 Å². The number of anilines is 1. The van der Waals surface area contributed by atoms with Crippen molar-refractivity contribution >= 4 is 17.4 Å². The minimum Gasteiger partial charge on any atom is -0.340 e. The standard InChI is InChI=1S/C20H29N3S/c1-4-17-19(5-2)24-20-8-7-16(3)15-18(20)23(17)12-6-11-22-13-9-21-10-14-22/h4-5,7-8,15,21H,6,9-14H2,1-3H3/b17-4+,19-5+. The number of hydrogen-bond donors (Lipinski definition) is 1. The third kappa shape index (κ3) is 3.88. The summed E-state index contributed by atoms with van der Waals surface area (Å²) in [6, 6.07) is 6.83. The van der Waals surface area contributed by atoms with Gasteiger partial charge in [0.2, 0.25) is 0 Å². The molecule has 3 rings (SSSR count). The van der Waals surface area contributed by atoms with Crippen LogP contribution in [0.1, 0.15) is 25.8 Å². The molecule has 0 radical (unpaired) electrons. The van der Waals surface area contributed by atoms with Crippen molar-refractivity contribution in [2.45, 2.75) is 32.1 Å². The first-order valence-electron chi connectivity index (χ1n) is 9.05. The maximum atomic E-state index is 3.43. The molecule has 130 valence electrons. The normalized spacial score (nSPS) is 22.2. The fraction of sp³-hybridized carbons (Fsp3) is 0.500. The molecule has 0 aromatic heterocycles. The van der Waals surface area contributed by atoms with Gasteiger partial charge in [-0.15, -0.1) is 0 Å². The third-order valence-electron chi connectivity index (χ3n) is 4.77. The van der Waals surface area contributed by atoms with E-state index in [1.54, 1.807) is 0 Å². The molecule has 4 heteroatoms. The number of benzene rings is 1. The number of aryl methyl sites for hydroxylation is 1. The van der Waals surface area contributed by atoms with Gasteiger partial charge in [0.05, 0.1) is 11.4 Å². The van der Waals surface area contributed by atoms with Crippen LogP contribution in [0, 0.1) is 6.92 Å². The average molecular weight is 344 g/mol. The van der Waals surface area contributed by atoms with Gasteiger partial charge in [-0.2, -0.15) is 0 Å². The Morgan fingerprint density at radius 1 is 1.12 bits per heavy atom. The summed E-state index contributed by atoms with van der Waals surface area (Å²) in [5, 5.41) is 3.43. The lowest BCUT2D eigenvalue weighted by Gasteiger charge is -2.36. The minimum atomic E-state index is 1.08. The van der Waals surface area contributed by atoms with Gasteiger partial charge in [0.1, 0.15) is 0 Å². The summed E-state index contributed by atoms with van der Waals surface area (Å²) in [7, 11) is 0. The molecule has 0 spiro atoms. The fourth-order valence-electron chi connectivity index (χ4n) is 3.49. The van der Waals surface area contributed by atoms with E-state index >= 15 is 0 Å². The van der Waals surface area contributed by atoms with Gasteiger partial charge in [-0.1, -0.05) is 30.0 Å². The summed E-state index contributed by atoms with van der Waals surface area (Å²) in [6.45, 7) is 13.4. The zero-order chi connectivity index (χ0) is 16.9. The van der Waals surface area contributed by atoms with Crippen LogP contribution in [-0.2, 0) is 0 Å². The Morgan fingerprint density at radius 2 is 1.92 bits per heavy atom. The van der Waals surface area contributed by atoms with Crippen LogP contribution in [0.3, 0.4) is 0 Å². The number of nitrogens with zero attached hydrogens (tertiary/aromatic N) is 2. The van der Waals surface area contributed by atoms with Crippen molar-refractivity contribution in [3.05, 3.63) is 46.5 Å². The molecular formula is C20H29N3S. The lowest BCUT2D eigenvalue weighted by molar-refractivity contribution is 0.239. The van der Waals surface area contributed by atoms with Crippen LogP contribution in [0.2, 0.25) is 0 Å². The Bertz CT molecular complexity index is 630. The summed E-state index contributed by atoms with van der Waals surface area (Å²) in [5.74, 6) is 0. The van der Waals surface area contributed by atoms with E-state index in [-0.39, 0.29) is 0 Å². The molecule has 1 aromatic carbocycles. The summed E-state index contributed by atoms with van der Waals surface area (Å²) in [6.07, 6.45) is 5.71. The van der Waals surface area contributed by atoms with Gasteiger partial charge in [-0.05, 0) is 51.4 Å². The maximum Gasteiger partial charge on any atom is 0.0555 e. The van der Waals surface area contributed by atoms with E-state index in [4.69, 9.17) is 0 Å². The molecular weight excluding hydrogens is 314 g/mol. The second-order valence-electron chi connectivity index (χ2n) is 6.50. The first-order chi connectivity index (χ1) is 11.7. The predicted octanol–water partition coefficient (Wildman–Crippen LogP) is 4.01. The molecule has 0 aliphatic carbocycles. The second kappa shape index (κ2) is 8.24. The van der Waals surface area contributed by atoms with Crippen molar-refractivity contribution in [1.29, 1.82) is 0 Å². The molecule has 2 aliphatic heterocycles. The van der Waals surface area contributed by atoms with Crippen LogP contribution in [-0.4, -0.2) is 44.2 Å². The van der Waals surface area contributed by atoms with Crippen LogP contribution in [0.5, 0.6) is 0 Å². The number of piperazine rings is 1. The van der Waals surface area contributed by atoms with Gasteiger partial charge in [-0.25, -0.2) is 0 Å². The number of thioether (sulfide) groups is 1. The van der Waals surface area contributed by atoms with E-state index in [2.05, 4.69) is 66.2 Å². The quantitative estimate of drug-likeness (QED) is 0.890. The molecule has 24 heavy (non-hydrogen) atoms. The first kappa shape index (κ1) is 17.6. The van der Waals surface area contributed by atoms with E-state index in [0.717, 1.165) is 19.6 Å². The third-order valence-corrected chi connectivity index (χ3v) is 6.00. The molecule has 2 heterocycles. The molecule has 1 aromatic rings. The molecule has 0 bridgehead atoms. The fourth-order valence-corrected chi connectivity index (χ4v) is 4.59. The van der Waals surface area contributed by atoms with Gasteiger partial charge < -0.3 is 15.1 Å². The van der Waals surface area contributed by atoms with Crippen LogP contribution >= 0.6 is 11.8 Å². The smallest absolute Gasteiger partial charge is 0.0555 e. The molecule has 0 unspecified atom stereocenters. The average Bonchev–Trinajstić information content (AvgIpc) is 2.62. The lowest BCUT2D eigenvalue weighted by Crippen LogP contribution is -2.44. The van der Waals surface area contributed by atoms with Crippen molar-refractivity contribution in [2.24, 2.45) is 0 Å². The van der Waals surface area contributed by atoms with E-state index < -0.39 is 0 Å². The lowest BCUT2D eigenvalue weighted by atomic mass is 10.1. The van der Waals surface area contributed by atoms with Crippen molar-refractivity contribution in [1.82, 2.24) is 10.2 Å². The summed E-state index contributed by atoms with van der Waals surface area (Å²) in [5.41, 5.74) is 4.07. The van der Waals surface area contributed by atoms with Crippen LogP contribution < -0.4 is 10.2 Å². The molecule has 1 saturated heterocycles. The van der Waals surface area contributed by atoms with E-state index in [0.29, 0.717) is 0 Å². The number of rotatable bonds is 4. The Balaban J connectivity index is 1.76. The SMILES string of the molecule is C/C=C1/Sc2ccc(C)cc2N(CCCN2CCNCC2)/C1=C/C. The summed E-state index contributed by atoms with van der Waals surface area (Å²) < 4.78 is 0. The van der Waals surface area contributed by atoms with E-state index in [1.807, 2.05) is 11.8 Å². The number of nitrogens with one attached hydrogen (secondary N) is 1. The molecule has 0 amide bonds. The van der Waals surface area contributed by atoms with E-state index in [1.165, 1.54) is 52.8 Å². The van der Waals surface area contributed by atoms with Crippen molar-refractivity contribution in [3.63, 3.8) is 0 Å². The second-order valence-corrected chi connectivity index (χ2v) is 7.58. The molecule has 3 nitrogen and oxygen atoms in total. The summed E-state index contributed by atoms with van der Waals surface area (Å²) >= 11 is 1.90.